The van der Waals surface area contributed by atoms with Gasteiger partial charge in [-0.25, -0.2) is 4.39 Å². The van der Waals surface area contributed by atoms with E-state index in [1.54, 1.807) is 30.3 Å². The topological polar surface area (TPSA) is 86.1 Å². The lowest BCUT2D eigenvalue weighted by molar-refractivity contribution is 0.102. The van der Waals surface area contributed by atoms with Gasteiger partial charge in [0.05, 0.1) is 37.3 Å². The minimum atomic E-state index is -0.393. The summed E-state index contributed by atoms with van der Waals surface area (Å²) in [6.45, 7) is 6.32. The number of anilines is 2. The van der Waals surface area contributed by atoms with Crippen LogP contribution in [0.1, 0.15) is 27.4 Å². The van der Waals surface area contributed by atoms with Gasteiger partial charge in [-0.1, -0.05) is 5.16 Å². The zero-order valence-corrected chi connectivity index (χ0v) is 18.8. The number of nitrogens with one attached hydrogen (secondary N) is 1. The lowest BCUT2D eigenvalue weighted by Gasteiger charge is -2.29. The normalized spacial score (nSPS) is 13.6. The van der Waals surface area contributed by atoms with Gasteiger partial charge in [0, 0.05) is 24.3 Å². The van der Waals surface area contributed by atoms with E-state index >= 15 is 0 Å². The molecule has 4 rings (SSSR count). The summed E-state index contributed by atoms with van der Waals surface area (Å²) in [5, 5.41) is 6.64. The summed E-state index contributed by atoms with van der Waals surface area (Å²) in [5.74, 6) is 0.798. The van der Waals surface area contributed by atoms with Crippen LogP contribution >= 0.6 is 0 Å². The Morgan fingerprint density at radius 2 is 1.94 bits per heavy atom. The number of methoxy groups -OCH3 is 1. The van der Waals surface area contributed by atoms with E-state index in [0.29, 0.717) is 60.5 Å². The highest BCUT2D eigenvalue weighted by Crippen LogP contribution is 2.30. The molecule has 1 amide bonds. The van der Waals surface area contributed by atoms with Crippen LogP contribution in [0.5, 0.6) is 11.5 Å². The molecule has 1 aliphatic rings. The third-order valence-corrected chi connectivity index (χ3v) is 5.54. The Morgan fingerprint density at radius 1 is 1.15 bits per heavy atom. The number of carbonyl (C=O) groups is 1. The predicted octanol–water partition coefficient (Wildman–Crippen LogP) is 4.11. The van der Waals surface area contributed by atoms with Crippen LogP contribution in [0.3, 0.4) is 0 Å². The molecule has 174 valence electrons. The minimum Gasteiger partial charge on any atom is -0.493 e. The van der Waals surface area contributed by atoms with Gasteiger partial charge < -0.3 is 29.0 Å². The number of benzene rings is 2. The molecule has 1 aromatic heterocycles. The van der Waals surface area contributed by atoms with Crippen LogP contribution in [0.15, 0.2) is 40.9 Å². The molecule has 1 N–H and O–H groups in total. The molecule has 3 aromatic rings. The quantitative estimate of drug-likeness (QED) is 0.574. The van der Waals surface area contributed by atoms with Crippen LogP contribution in [0.2, 0.25) is 0 Å². The van der Waals surface area contributed by atoms with E-state index in [9.17, 15) is 9.18 Å². The summed E-state index contributed by atoms with van der Waals surface area (Å²) >= 11 is 0. The van der Waals surface area contributed by atoms with Gasteiger partial charge in [0.25, 0.3) is 5.91 Å². The summed E-state index contributed by atoms with van der Waals surface area (Å²) in [7, 11) is 1.50. The molecule has 0 bridgehead atoms. The monoisotopic (exact) mass is 455 g/mol. The first kappa shape index (κ1) is 22.6. The number of hydrogen-bond acceptors (Lipinski definition) is 7. The molecule has 0 aliphatic carbocycles. The van der Waals surface area contributed by atoms with Crippen LogP contribution in [0, 0.1) is 19.7 Å². The van der Waals surface area contributed by atoms with Gasteiger partial charge >= 0.3 is 0 Å². The van der Waals surface area contributed by atoms with Crippen LogP contribution in [-0.2, 0) is 11.3 Å². The fourth-order valence-electron chi connectivity index (χ4n) is 3.63. The summed E-state index contributed by atoms with van der Waals surface area (Å²) in [6.07, 6.45) is 0. The van der Waals surface area contributed by atoms with E-state index in [4.69, 9.17) is 18.7 Å². The molecular formula is C24H26FN3O5. The Labute approximate surface area is 191 Å². The molecule has 2 aromatic carbocycles. The molecule has 0 unspecified atom stereocenters. The van der Waals surface area contributed by atoms with Crippen molar-refractivity contribution in [3.05, 3.63) is 64.8 Å². The van der Waals surface area contributed by atoms with Crippen LogP contribution in [0.25, 0.3) is 0 Å². The van der Waals surface area contributed by atoms with Gasteiger partial charge in [-0.15, -0.1) is 0 Å². The van der Waals surface area contributed by atoms with Crippen molar-refractivity contribution >= 4 is 17.3 Å². The van der Waals surface area contributed by atoms with Crippen molar-refractivity contribution in [1.82, 2.24) is 5.16 Å². The van der Waals surface area contributed by atoms with Gasteiger partial charge in [0.2, 0.25) is 0 Å². The van der Waals surface area contributed by atoms with E-state index in [2.05, 4.69) is 10.5 Å². The first-order chi connectivity index (χ1) is 16.0. The first-order valence-electron chi connectivity index (χ1n) is 10.6. The predicted molar refractivity (Wildman–Crippen MR) is 121 cm³/mol. The maximum absolute atomic E-state index is 14.6. The molecule has 33 heavy (non-hydrogen) atoms. The highest BCUT2D eigenvalue weighted by molar-refractivity contribution is 6.04. The van der Waals surface area contributed by atoms with Gasteiger partial charge in [-0.3, -0.25) is 4.79 Å². The molecule has 0 radical (unpaired) electrons. The van der Waals surface area contributed by atoms with Crippen molar-refractivity contribution in [2.75, 3.05) is 43.6 Å². The number of aromatic nitrogens is 1. The van der Waals surface area contributed by atoms with E-state index in [1.165, 1.54) is 13.2 Å². The van der Waals surface area contributed by atoms with Crippen molar-refractivity contribution in [2.24, 2.45) is 0 Å². The molecule has 1 fully saturated rings. The second-order valence-electron chi connectivity index (χ2n) is 7.68. The maximum Gasteiger partial charge on any atom is 0.255 e. The van der Waals surface area contributed by atoms with Crippen molar-refractivity contribution in [1.29, 1.82) is 0 Å². The lowest BCUT2D eigenvalue weighted by Crippen LogP contribution is -2.36. The number of ether oxygens (including phenoxy) is 3. The highest BCUT2D eigenvalue weighted by atomic mass is 19.1. The van der Waals surface area contributed by atoms with E-state index < -0.39 is 5.82 Å². The largest absolute Gasteiger partial charge is 0.493 e. The van der Waals surface area contributed by atoms with Crippen LogP contribution in [-0.4, -0.2) is 44.5 Å². The third-order valence-electron chi connectivity index (χ3n) is 5.54. The SMILES string of the molecule is COc1cc(C(=O)Nc2ccc(N3CCOCC3)c(F)c2)ccc1OCc1c(C)noc1C. The summed E-state index contributed by atoms with van der Waals surface area (Å²) in [6, 6.07) is 9.54. The molecule has 0 spiro atoms. The molecule has 8 nitrogen and oxygen atoms in total. The molecule has 0 atom stereocenters. The van der Waals surface area contributed by atoms with Crippen molar-refractivity contribution in [3.8, 4) is 11.5 Å². The number of rotatable bonds is 7. The van der Waals surface area contributed by atoms with Crippen molar-refractivity contribution in [2.45, 2.75) is 20.5 Å². The lowest BCUT2D eigenvalue weighted by atomic mass is 10.1. The molecule has 2 heterocycles. The number of carbonyl (C=O) groups excluding carboxylic acids is 1. The van der Waals surface area contributed by atoms with Crippen LogP contribution < -0.4 is 19.7 Å². The van der Waals surface area contributed by atoms with Crippen LogP contribution in [0.4, 0.5) is 15.8 Å². The first-order valence-corrected chi connectivity index (χ1v) is 10.6. The van der Waals surface area contributed by atoms with E-state index in [1.807, 2.05) is 18.7 Å². The Hall–Kier alpha value is -3.59. The molecular weight excluding hydrogens is 429 g/mol. The standard InChI is InChI=1S/C24H26FN3O5/c1-15-19(16(2)33-27-15)14-32-22-7-4-17(12-23(22)30-3)24(29)26-18-5-6-21(20(25)13-18)28-8-10-31-11-9-28/h4-7,12-13H,8-11,14H2,1-3H3,(H,26,29). The van der Waals surface area contributed by atoms with Gasteiger partial charge in [-0.05, 0) is 50.2 Å². The maximum atomic E-state index is 14.6. The summed E-state index contributed by atoms with van der Waals surface area (Å²) < 4.78 is 36.3. The van der Waals surface area contributed by atoms with Gasteiger partial charge in [0.1, 0.15) is 18.2 Å². The van der Waals surface area contributed by atoms with E-state index in [-0.39, 0.29) is 12.5 Å². The zero-order valence-electron chi connectivity index (χ0n) is 18.8. The number of halogens is 1. The summed E-state index contributed by atoms with van der Waals surface area (Å²) in [5.41, 5.74) is 2.84. The highest BCUT2D eigenvalue weighted by Gasteiger charge is 2.17. The fraction of sp³-hybridized carbons (Fsp3) is 0.333. The number of nitrogens with zero attached hydrogens (tertiary/aromatic N) is 2. The Kier molecular flexibility index (Phi) is 6.79. The minimum absolute atomic E-state index is 0.262. The van der Waals surface area contributed by atoms with E-state index in [0.717, 1.165) is 11.3 Å². The Morgan fingerprint density at radius 3 is 2.61 bits per heavy atom. The zero-order chi connectivity index (χ0) is 23.4. The Balaban J connectivity index is 1.44. The second-order valence-corrected chi connectivity index (χ2v) is 7.68. The third kappa shape index (κ3) is 5.09. The molecule has 1 saturated heterocycles. The number of amides is 1. The smallest absolute Gasteiger partial charge is 0.255 e. The molecule has 0 saturated carbocycles. The second kappa shape index (κ2) is 9.91. The van der Waals surface area contributed by atoms with Crippen molar-refractivity contribution in [3.63, 3.8) is 0 Å². The number of hydrogen-bond donors (Lipinski definition) is 1. The van der Waals surface area contributed by atoms with Crippen molar-refractivity contribution < 1.29 is 27.9 Å². The summed E-state index contributed by atoms with van der Waals surface area (Å²) in [4.78, 5) is 14.7. The Bertz CT molecular complexity index is 1120. The van der Waals surface area contributed by atoms with Gasteiger partial charge in [-0.2, -0.15) is 0 Å². The molecule has 9 heteroatoms. The van der Waals surface area contributed by atoms with Gasteiger partial charge in [0.15, 0.2) is 11.5 Å². The molecule has 1 aliphatic heterocycles. The average Bonchev–Trinajstić information content (AvgIpc) is 3.15. The number of aryl methyl sites for hydroxylation is 2. The fourth-order valence-corrected chi connectivity index (χ4v) is 3.63. The average molecular weight is 455 g/mol. The number of morpholine rings is 1.